The molecule has 0 saturated carbocycles. The summed E-state index contributed by atoms with van der Waals surface area (Å²) in [6.45, 7) is 13.6. The number of anilines is 8. The van der Waals surface area contributed by atoms with Gasteiger partial charge in [0.05, 0.1) is 22.7 Å². The van der Waals surface area contributed by atoms with Crippen LogP contribution in [0.1, 0.15) is 52.7 Å². The molecule has 2 atom stereocenters. The van der Waals surface area contributed by atoms with Crippen molar-refractivity contribution in [3.8, 4) is 0 Å². The van der Waals surface area contributed by atoms with Gasteiger partial charge in [0.25, 0.3) is 0 Å². The van der Waals surface area contributed by atoms with E-state index in [0.717, 1.165) is 45.5 Å². The summed E-state index contributed by atoms with van der Waals surface area (Å²) in [5, 5.41) is 0. The highest BCUT2D eigenvalue weighted by Gasteiger charge is 2.52. The van der Waals surface area contributed by atoms with E-state index in [1.165, 1.54) is 11.1 Å². The van der Waals surface area contributed by atoms with Gasteiger partial charge in [0.2, 0.25) is 0 Å². The maximum Gasteiger partial charge on any atom is 0.151 e. The Kier molecular flexibility index (Phi) is 7.55. The molecular formula is C42H42N8. The third-order valence-corrected chi connectivity index (χ3v) is 9.81. The number of rotatable bonds is 5. The normalized spacial score (nSPS) is 17.2. The van der Waals surface area contributed by atoms with Crippen LogP contribution < -0.4 is 19.6 Å². The van der Waals surface area contributed by atoms with E-state index in [4.69, 9.17) is 0 Å². The molecular weight excluding hydrogens is 617 g/mol. The van der Waals surface area contributed by atoms with Crippen LogP contribution in [0.5, 0.6) is 0 Å². The zero-order valence-electron chi connectivity index (χ0n) is 29.4. The maximum absolute atomic E-state index is 4.44. The Morgan fingerprint density at radius 3 is 0.880 bits per heavy atom. The van der Waals surface area contributed by atoms with Crippen molar-refractivity contribution in [3.05, 3.63) is 146 Å². The third kappa shape index (κ3) is 5.32. The quantitative estimate of drug-likeness (QED) is 0.181. The Hall–Kier alpha value is -5.76. The summed E-state index contributed by atoms with van der Waals surface area (Å²) in [6.07, 6.45) is 14.5. The van der Waals surface area contributed by atoms with Gasteiger partial charge in [-0.3, -0.25) is 19.9 Å². The average molecular weight is 659 g/mol. The Morgan fingerprint density at radius 2 is 0.620 bits per heavy atom. The highest BCUT2D eigenvalue weighted by molar-refractivity contribution is 5.94. The molecule has 6 aromatic rings. The zero-order chi connectivity index (χ0) is 34.6. The van der Waals surface area contributed by atoms with Crippen molar-refractivity contribution in [2.75, 3.05) is 19.6 Å². The van der Waals surface area contributed by atoms with Gasteiger partial charge in [0, 0.05) is 72.3 Å². The summed E-state index contributed by atoms with van der Waals surface area (Å²) in [7, 11) is 0. The lowest BCUT2D eigenvalue weighted by molar-refractivity contribution is 0.549. The van der Waals surface area contributed by atoms with Crippen LogP contribution in [0, 0.1) is 0 Å². The Balaban J connectivity index is 1.46. The van der Waals surface area contributed by atoms with Crippen molar-refractivity contribution in [3.63, 3.8) is 0 Å². The maximum atomic E-state index is 4.44. The predicted octanol–water partition coefficient (Wildman–Crippen LogP) is 9.79. The molecule has 2 aliphatic rings. The highest BCUT2D eigenvalue weighted by Crippen LogP contribution is 2.56. The van der Waals surface area contributed by atoms with E-state index < -0.39 is 0 Å². The number of pyridine rings is 4. The fourth-order valence-electron chi connectivity index (χ4n) is 7.29. The first-order chi connectivity index (χ1) is 24.1. The van der Waals surface area contributed by atoms with E-state index in [9.17, 15) is 0 Å². The van der Waals surface area contributed by atoms with Gasteiger partial charge < -0.3 is 19.6 Å². The molecule has 8 rings (SSSR count). The van der Waals surface area contributed by atoms with Crippen LogP contribution in [0.15, 0.2) is 135 Å². The molecule has 2 aromatic carbocycles. The largest absolute Gasteiger partial charge is 0.314 e. The standard InChI is InChI=1S/C42H42N8/c1-41(2,3)29-7-9-35-37(27-29)49(33-15-23-45-24-16-33)39(47(35)31-11-19-43-20-12-31)40-48(32-13-21-44-22-14-32)36-10-8-30(42(4,5)6)28-38(36)50(40)34-17-25-46-26-18-34/h7-28,39-40H,1-6H3. The molecule has 0 fully saturated rings. The molecule has 8 nitrogen and oxygen atoms in total. The van der Waals surface area contributed by atoms with Crippen molar-refractivity contribution < 1.29 is 0 Å². The molecule has 2 aliphatic heterocycles. The van der Waals surface area contributed by atoms with Crippen molar-refractivity contribution >= 4 is 45.5 Å². The number of hydrogen-bond donors (Lipinski definition) is 0. The molecule has 50 heavy (non-hydrogen) atoms. The molecule has 8 heteroatoms. The molecule has 0 saturated heterocycles. The number of fused-ring (bicyclic) bond motifs is 2. The smallest absolute Gasteiger partial charge is 0.151 e. The first-order valence-electron chi connectivity index (χ1n) is 17.2. The molecule has 4 aromatic heterocycles. The second-order valence-electron chi connectivity index (χ2n) is 15.0. The van der Waals surface area contributed by atoms with Crippen LogP contribution in [0.25, 0.3) is 0 Å². The molecule has 0 spiro atoms. The van der Waals surface area contributed by atoms with Crippen molar-refractivity contribution in [2.24, 2.45) is 0 Å². The zero-order valence-corrected chi connectivity index (χ0v) is 29.4. The minimum Gasteiger partial charge on any atom is -0.314 e. The van der Waals surface area contributed by atoms with Crippen LogP contribution in [0.2, 0.25) is 0 Å². The average Bonchev–Trinajstić information content (AvgIpc) is 3.64. The molecule has 0 aliphatic carbocycles. The lowest BCUT2D eigenvalue weighted by atomic mass is 9.86. The molecule has 0 bridgehead atoms. The van der Waals surface area contributed by atoms with Gasteiger partial charge in [0.15, 0.2) is 12.3 Å². The lowest BCUT2D eigenvalue weighted by Gasteiger charge is -2.44. The fourth-order valence-corrected chi connectivity index (χ4v) is 7.29. The number of nitrogens with zero attached hydrogens (tertiary/aromatic N) is 8. The summed E-state index contributed by atoms with van der Waals surface area (Å²) < 4.78 is 0. The third-order valence-electron chi connectivity index (χ3n) is 9.81. The van der Waals surface area contributed by atoms with Crippen LogP contribution in [-0.4, -0.2) is 32.3 Å². The van der Waals surface area contributed by atoms with Crippen LogP contribution in [-0.2, 0) is 10.8 Å². The molecule has 2 unspecified atom stereocenters. The van der Waals surface area contributed by atoms with E-state index in [0.29, 0.717) is 0 Å². The molecule has 6 heterocycles. The summed E-state index contributed by atoms with van der Waals surface area (Å²) in [5.41, 5.74) is 11.2. The highest BCUT2D eigenvalue weighted by atomic mass is 15.5. The second kappa shape index (κ2) is 12.0. The van der Waals surface area contributed by atoms with E-state index in [2.05, 4.69) is 166 Å². The van der Waals surface area contributed by atoms with E-state index in [1.54, 1.807) is 0 Å². The van der Waals surface area contributed by atoms with E-state index in [-0.39, 0.29) is 23.2 Å². The summed E-state index contributed by atoms with van der Waals surface area (Å²) >= 11 is 0. The molecule has 0 N–H and O–H groups in total. The number of hydrogen-bond acceptors (Lipinski definition) is 8. The van der Waals surface area contributed by atoms with Gasteiger partial charge in [-0.25, -0.2) is 0 Å². The summed E-state index contributed by atoms with van der Waals surface area (Å²) in [4.78, 5) is 27.7. The minimum atomic E-state index is -0.267. The van der Waals surface area contributed by atoms with Gasteiger partial charge in [-0.2, -0.15) is 0 Å². The molecule has 250 valence electrons. The fraction of sp³-hybridized carbons (Fsp3) is 0.238. The van der Waals surface area contributed by atoms with Gasteiger partial charge in [-0.05, 0) is 94.8 Å². The summed E-state index contributed by atoms with van der Waals surface area (Å²) in [6, 6.07) is 30.8. The van der Waals surface area contributed by atoms with Crippen molar-refractivity contribution in [1.82, 2.24) is 19.9 Å². The molecule has 0 radical (unpaired) electrons. The first kappa shape index (κ1) is 31.5. The van der Waals surface area contributed by atoms with Crippen molar-refractivity contribution in [1.29, 1.82) is 0 Å². The number of aromatic nitrogens is 4. The minimum absolute atomic E-state index is 0.0440. The van der Waals surface area contributed by atoms with Gasteiger partial charge in [-0.15, -0.1) is 0 Å². The first-order valence-corrected chi connectivity index (χ1v) is 17.2. The van der Waals surface area contributed by atoms with Crippen LogP contribution in [0.4, 0.5) is 45.5 Å². The lowest BCUT2D eigenvalue weighted by Crippen LogP contribution is -2.58. The van der Waals surface area contributed by atoms with Gasteiger partial charge in [0.1, 0.15) is 0 Å². The monoisotopic (exact) mass is 658 g/mol. The number of benzene rings is 2. The van der Waals surface area contributed by atoms with Crippen LogP contribution in [0.3, 0.4) is 0 Å². The Bertz CT molecular complexity index is 1950. The van der Waals surface area contributed by atoms with Crippen LogP contribution >= 0.6 is 0 Å². The second-order valence-corrected chi connectivity index (χ2v) is 15.0. The summed E-state index contributed by atoms with van der Waals surface area (Å²) in [5.74, 6) is 0. The SMILES string of the molecule is CC(C)(C)c1ccc2c(c1)N(c1ccncc1)C(C1N(c3ccncc3)c3ccc(C(C)(C)C)cc3N1c1ccncc1)N2c1ccncc1. The predicted molar refractivity (Wildman–Crippen MR) is 203 cm³/mol. The topological polar surface area (TPSA) is 64.5 Å². The Morgan fingerprint density at radius 1 is 0.360 bits per heavy atom. The van der Waals surface area contributed by atoms with Gasteiger partial charge >= 0.3 is 0 Å². The van der Waals surface area contributed by atoms with E-state index >= 15 is 0 Å². The van der Waals surface area contributed by atoms with Crippen molar-refractivity contribution in [2.45, 2.75) is 64.7 Å². The van der Waals surface area contributed by atoms with Gasteiger partial charge in [-0.1, -0.05) is 53.7 Å². The molecule has 0 amide bonds. The Labute approximate surface area is 294 Å². The van der Waals surface area contributed by atoms with E-state index in [1.807, 2.05) is 49.6 Å².